The minimum atomic E-state index is 0.728. The van der Waals surface area contributed by atoms with Gasteiger partial charge in [-0.2, -0.15) is 5.10 Å². The molecule has 1 saturated heterocycles. The first-order valence-electron chi connectivity index (χ1n) is 7.42. The number of aryl methyl sites for hydroxylation is 1. The van der Waals surface area contributed by atoms with Gasteiger partial charge in [-0.1, -0.05) is 6.07 Å². The van der Waals surface area contributed by atoms with Gasteiger partial charge in [0.15, 0.2) is 0 Å². The van der Waals surface area contributed by atoms with E-state index in [1.54, 1.807) is 0 Å². The van der Waals surface area contributed by atoms with Crippen molar-refractivity contribution in [2.75, 3.05) is 13.1 Å². The summed E-state index contributed by atoms with van der Waals surface area (Å²) in [5, 5.41) is 7.26. The molecule has 0 aromatic carbocycles. The predicted molar refractivity (Wildman–Crippen MR) is 79.3 cm³/mol. The zero-order valence-electron chi connectivity index (χ0n) is 12.0. The molecule has 1 atom stereocenters. The van der Waals surface area contributed by atoms with Crippen LogP contribution < -0.4 is 0 Å². The summed E-state index contributed by atoms with van der Waals surface area (Å²) in [5.74, 6) is 0.728. The number of aromatic amines is 1. The van der Waals surface area contributed by atoms with Crippen LogP contribution in [0, 0.1) is 12.8 Å². The summed E-state index contributed by atoms with van der Waals surface area (Å²) >= 11 is 0. The van der Waals surface area contributed by atoms with E-state index in [9.17, 15) is 0 Å². The van der Waals surface area contributed by atoms with Crippen LogP contribution in [-0.2, 0) is 13.0 Å². The molecule has 4 heteroatoms. The van der Waals surface area contributed by atoms with E-state index in [2.05, 4.69) is 39.1 Å². The maximum atomic E-state index is 4.43. The van der Waals surface area contributed by atoms with E-state index in [1.165, 1.54) is 36.3 Å². The Hall–Kier alpha value is -1.68. The van der Waals surface area contributed by atoms with E-state index >= 15 is 0 Å². The maximum Gasteiger partial charge on any atom is 0.0543 e. The molecule has 2 aromatic rings. The predicted octanol–water partition coefficient (Wildman–Crippen LogP) is 2.57. The third-order valence-electron chi connectivity index (χ3n) is 4.14. The number of pyridine rings is 1. The first kappa shape index (κ1) is 13.3. The number of nitrogens with one attached hydrogen (secondary N) is 1. The lowest BCUT2D eigenvalue weighted by Crippen LogP contribution is -2.36. The van der Waals surface area contributed by atoms with Crippen LogP contribution in [0.1, 0.15) is 29.8 Å². The van der Waals surface area contributed by atoms with Crippen molar-refractivity contribution in [3.8, 4) is 0 Å². The quantitative estimate of drug-likeness (QED) is 0.928. The molecule has 0 aliphatic carbocycles. The van der Waals surface area contributed by atoms with Gasteiger partial charge in [0.2, 0.25) is 0 Å². The Balaban J connectivity index is 1.58. The van der Waals surface area contributed by atoms with E-state index in [-0.39, 0.29) is 0 Å². The Morgan fingerprint density at radius 3 is 3.10 bits per heavy atom. The van der Waals surface area contributed by atoms with Crippen LogP contribution >= 0.6 is 0 Å². The fourth-order valence-corrected chi connectivity index (χ4v) is 3.05. The maximum absolute atomic E-state index is 4.43. The molecule has 1 N–H and O–H groups in total. The fourth-order valence-electron chi connectivity index (χ4n) is 3.05. The standard InChI is InChI=1S/C16H22N4/c1-13-10-18-19-16(13)9-14-5-4-8-20(11-14)12-15-6-2-3-7-17-15/h2-3,6-7,10,14H,4-5,8-9,11-12H2,1H3,(H,18,19)/t14-/m0/s1. The molecule has 0 amide bonds. The second-order valence-electron chi connectivity index (χ2n) is 5.80. The number of H-pyrrole nitrogens is 1. The van der Waals surface area contributed by atoms with E-state index in [0.29, 0.717) is 0 Å². The number of hydrogen-bond donors (Lipinski definition) is 1. The fraction of sp³-hybridized carbons (Fsp3) is 0.500. The highest BCUT2D eigenvalue weighted by Crippen LogP contribution is 2.22. The molecule has 0 unspecified atom stereocenters. The van der Waals surface area contributed by atoms with Crippen LogP contribution in [0.3, 0.4) is 0 Å². The van der Waals surface area contributed by atoms with Gasteiger partial charge in [-0.15, -0.1) is 0 Å². The molecular weight excluding hydrogens is 248 g/mol. The third kappa shape index (κ3) is 3.25. The van der Waals surface area contributed by atoms with Crippen molar-refractivity contribution in [2.24, 2.45) is 5.92 Å². The van der Waals surface area contributed by atoms with Crippen molar-refractivity contribution in [3.05, 3.63) is 47.5 Å². The minimum Gasteiger partial charge on any atom is -0.297 e. The lowest BCUT2D eigenvalue weighted by atomic mass is 9.92. The summed E-state index contributed by atoms with van der Waals surface area (Å²) < 4.78 is 0. The number of hydrogen-bond acceptors (Lipinski definition) is 3. The molecule has 1 aliphatic rings. The van der Waals surface area contributed by atoms with Gasteiger partial charge < -0.3 is 0 Å². The van der Waals surface area contributed by atoms with Gasteiger partial charge in [-0.05, 0) is 56.3 Å². The SMILES string of the molecule is Cc1cn[nH]c1C[C@@H]1CCCN(Cc2ccccn2)C1. The van der Waals surface area contributed by atoms with Gasteiger partial charge in [-0.25, -0.2) is 0 Å². The van der Waals surface area contributed by atoms with E-state index < -0.39 is 0 Å². The van der Waals surface area contributed by atoms with E-state index in [4.69, 9.17) is 0 Å². The minimum absolute atomic E-state index is 0.728. The number of likely N-dealkylation sites (tertiary alicyclic amines) is 1. The van der Waals surface area contributed by atoms with Crippen LogP contribution in [0.25, 0.3) is 0 Å². The highest BCUT2D eigenvalue weighted by molar-refractivity contribution is 5.14. The van der Waals surface area contributed by atoms with Gasteiger partial charge in [0.05, 0.1) is 11.9 Å². The lowest BCUT2D eigenvalue weighted by Gasteiger charge is -2.32. The molecule has 0 spiro atoms. The molecule has 1 aliphatic heterocycles. The van der Waals surface area contributed by atoms with E-state index in [1.807, 2.05) is 18.5 Å². The Morgan fingerprint density at radius 2 is 2.35 bits per heavy atom. The van der Waals surface area contributed by atoms with Crippen molar-refractivity contribution in [3.63, 3.8) is 0 Å². The second kappa shape index (κ2) is 6.18. The summed E-state index contributed by atoms with van der Waals surface area (Å²) in [6, 6.07) is 6.16. The zero-order valence-corrected chi connectivity index (χ0v) is 12.0. The van der Waals surface area contributed by atoms with Crippen LogP contribution in [0.5, 0.6) is 0 Å². The van der Waals surface area contributed by atoms with Gasteiger partial charge in [0.25, 0.3) is 0 Å². The first-order valence-corrected chi connectivity index (χ1v) is 7.42. The van der Waals surface area contributed by atoms with Gasteiger partial charge >= 0.3 is 0 Å². The molecule has 0 bridgehead atoms. The van der Waals surface area contributed by atoms with E-state index in [0.717, 1.165) is 25.4 Å². The van der Waals surface area contributed by atoms with Crippen LogP contribution in [0.15, 0.2) is 30.6 Å². The average Bonchev–Trinajstić information content (AvgIpc) is 2.86. The van der Waals surface area contributed by atoms with Crippen LogP contribution in [0.4, 0.5) is 0 Å². The Morgan fingerprint density at radius 1 is 1.40 bits per heavy atom. The molecule has 106 valence electrons. The zero-order chi connectivity index (χ0) is 13.8. The van der Waals surface area contributed by atoms with Crippen molar-refractivity contribution in [1.82, 2.24) is 20.1 Å². The Labute approximate surface area is 120 Å². The molecule has 20 heavy (non-hydrogen) atoms. The van der Waals surface area contributed by atoms with Crippen molar-refractivity contribution in [1.29, 1.82) is 0 Å². The molecule has 0 saturated carbocycles. The van der Waals surface area contributed by atoms with Crippen LogP contribution in [-0.4, -0.2) is 33.2 Å². The lowest BCUT2D eigenvalue weighted by molar-refractivity contribution is 0.164. The number of rotatable bonds is 4. The molecule has 1 fully saturated rings. The summed E-state index contributed by atoms with van der Waals surface area (Å²) in [4.78, 5) is 6.96. The highest BCUT2D eigenvalue weighted by Gasteiger charge is 2.21. The first-order chi connectivity index (χ1) is 9.81. The van der Waals surface area contributed by atoms with Gasteiger partial charge in [0.1, 0.15) is 0 Å². The summed E-state index contributed by atoms with van der Waals surface area (Å²) in [6.45, 7) is 5.46. The molecule has 2 aromatic heterocycles. The highest BCUT2D eigenvalue weighted by atomic mass is 15.1. The molecule has 3 rings (SSSR count). The van der Waals surface area contributed by atoms with Crippen molar-refractivity contribution in [2.45, 2.75) is 32.7 Å². The van der Waals surface area contributed by atoms with Crippen molar-refractivity contribution >= 4 is 0 Å². The molecular formula is C16H22N4. The van der Waals surface area contributed by atoms with Crippen LogP contribution in [0.2, 0.25) is 0 Å². The average molecular weight is 270 g/mol. The largest absolute Gasteiger partial charge is 0.297 e. The molecule has 0 radical (unpaired) electrons. The number of piperidine rings is 1. The number of aromatic nitrogens is 3. The number of nitrogens with zero attached hydrogens (tertiary/aromatic N) is 3. The molecule has 3 heterocycles. The third-order valence-corrected chi connectivity index (χ3v) is 4.14. The molecule has 4 nitrogen and oxygen atoms in total. The Bertz CT molecular complexity index is 534. The monoisotopic (exact) mass is 270 g/mol. The van der Waals surface area contributed by atoms with Gasteiger partial charge in [-0.3, -0.25) is 15.0 Å². The summed E-state index contributed by atoms with van der Waals surface area (Å²) in [5.41, 5.74) is 3.76. The van der Waals surface area contributed by atoms with Crippen molar-refractivity contribution < 1.29 is 0 Å². The summed E-state index contributed by atoms with van der Waals surface area (Å²) in [7, 11) is 0. The smallest absolute Gasteiger partial charge is 0.0543 e. The Kier molecular flexibility index (Phi) is 4.11. The summed E-state index contributed by atoms with van der Waals surface area (Å²) in [6.07, 6.45) is 7.51. The topological polar surface area (TPSA) is 44.8 Å². The normalized spacial score (nSPS) is 20.1. The van der Waals surface area contributed by atoms with Gasteiger partial charge in [0, 0.05) is 25.0 Å². The second-order valence-corrected chi connectivity index (χ2v) is 5.80.